The largest absolute Gasteiger partial charge is 0.494 e. The zero-order valence-electron chi connectivity index (χ0n) is 21.6. The molecule has 0 saturated heterocycles. The number of sulfone groups is 1. The van der Waals surface area contributed by atoms with Crippen molar-refractivity contribution in [2.75, 3.05) is 21.3 Å². The second kappa shape index (κ2) is 11.1. The fourth-order valence-electron chi connectivity index (χ4n) is 3.89. The van der Waals surface area contributed by atoms with Gasteiger partial charge in [0.1, 0.15) is 29.0 Å². The van der Waals surface area contributed by atoms with Gasteiger partial charge in [0, 0.05) is 18.0 Å². The molecule has 0 aliphatic carbocycles. The minimum Gasteiger partial charge on any atom is -0.494 e. The molecule has 1 aromatic carbocycles. The first kappa shape index (κ1) is 26.9. The molecule has 0 unspecified atom stereocenters. The molecular weight excluding hydrogens is 512 g/mol. The van der Waals surface area contributed by atoms with Crippen LogP contribution in [0.15, 0.2) is 49.1 Å². The van der Waals surface area contributed by atoms with Crippen molar-refractivity contribution in [2.45, 2.75) is 31.0 Å². The van der Waals surface area contributed by atoms with Crippen LogP contribution in [-0.2, 0) is 15.6 Å². The van der Waals surface area contributed by atoms with E-state index in [1.807, 2.05) is 13.0 Å². The minimum absolute atomic E-state index is 0.0984. The summed E-state index contributed by atoms with van der Waals surface area (Å²) in [4.78, 5) is 12.3. The average molecular weight is 541 g/mol. The Balaban J connectivity index is 1.81. The Morgan fingerprint density at radius 2 is 1.68 bits per heavy atom. The summed E-state index contributed by atoms with van der Waals surface area (Å²) in [5.74, 6) is 1.00. The second-order valence-electron chi connectivity index (χ2n) is 8.48. The molecule has 0 fully saturated rings. The summed E-state index contributed by atoms with van der Waals surface area (Å²) in [6, 6.07) is 7.07. The lowest BCUT2D eigenvalue weighted by Crippen LogP contribution is -2.28. The molecule has 13 heteroatoms. The van der Waals surface area contributed by atoms with E-state index >= 15 is 0 Å². The van der Waals surface area contributed by atoms with Crippen molar-refractivity contribution in [3.8, 4) is 34.5 Å². The van der Waals surface area contributed by atoms with Gasteiger partial charge in [0.25, 0.3) is 0 Å². The standard InChI is InChI=1S/C25H28N6O6S/c1-15-9-17(11-26-10-15)25-30-29-21(31(25)23-19(35-3)7-6-8-20(23)36-4)14-38(33,34)16(2)24(32)18-12-28-22(37-5)13-27-18/h6-13,16,24,32H,14H2,1-5H3/t16-,24-/m1/s1. The van der Waals surface area contributed by atoms with Gasteiger partial charge in [-0.1, -0.05) is 6.07 Å². The number of aliphatic hydroxyl groups excluding tert-OH is 1. The van der Waals surface area contributed by atoms with Gasteiger partial charge in [-0.2, -0.15) is 0 Å². The maximum Gasteiger partial charge on any atom is 0.231 e. The van der Waals surface area contributed by atoms with Gasteiger partial charge < -0.3 is 19.3 Å². The average Bonchev–Trinajstić information content (AvgIpc) is 3.33. The molecule has 4 aromatic rings. The highest BCUT2D eigenvalue weighted by atomic mass is 32.2. The molecule has 0 aliphatic rings. The Hall–Kier alpha value is -4.10. The van der Waals surface area contributed by atoms with E-state index in [1.165, 1.54) is 40.6 Å². The molecule has 200 valence electrons. The van der Waals surface area contributed by atoms with E-state index in [0.717, 1.165) is 5.56 Å². The normalized spacial score (nSPS) is 13.1. The van der Waals surface area contributed by atoms with Crippen LogP contribution >= 0.6 is 0 Å². The predicted molar refractivity (Wildman–Crippen MR) is 138 cm³/mol. The maximum absolute atomic E-state index is 13.5. The monoisotopic (exact) mass is 540 g/mol. The number of hydrogen-bond acceptors (Lipinski definition) is 11. The van der Waals surface area contributed by atoms with E-state index in [-0.39, 0.29) is 17.4 Å². The molecule has 0 amide bonds. The molecule has 0 aliphatic heterocycles. The predicted octanol–water partition coefficient (Wildman–Crippen LogP) is 2.49. The van der Waals surface area contributed by atoms with Crippen LogP contribution in [-0.4, -0.2) is 69.8 Å². The van der Waals surface area contributed by atoms with E-state index < -0.39 is 26.9 Å². The molecule has 0 saturated carbocycles. The number of methoxy groups -OCH3 is 3. The number of aryl methyl sites for hydroxylation is 1. The number of hydrogen-bond donors (Lipinski definition) is 1. The van der Waals surface area contributed by atoms with E-state index in [9.17, 15) is 13.5 Å². The Morgan fingerprint density at radius 3 is 2.26 bits per heavy atom. The topological polar surface area (TPSA) is 151 Å². The van der Waals surface area contributed by atoms with E-state index in [2.05, 4.69) is 25.1 Å². The van der Waals surface area contributed by atoms with Crippen LogP contribution in [0.5, 0.6) is 17.4 Å². The summed E-state index contributed by atoms with van der Waals surface area (Å²) in [6.07, 6.45) is 4.47. The molecule has 0 spiro atoms. The Labute approximate surface area is 220 Å². The summed E-state index contributed by atoms with van der Waals surface area (Å²) < 4.78 is 44.8. The van der Waals surface area contributed by atoms with E-state index in [4.69, 9.17) is 14.2 Å². The van der Waals surface area contributed by atoms with Crippen molar-refractivity contribution in [2.24, 2.45) is 0 Å². The third-order valence-electron chi connectivity index (χ3n) is 5.99. The molecule has 3 heterocycles. The first-order valence-electron chi connectivity index (χ1n) is 11.5. The Kier molecular flexibility index (Phi) is 7.88. The highest BCUT2D eigenvalue weighted by Crippen LogP contribution is 2.37. The lowest BCUT2D eigenvalue weighted by atomic mass is 10.2. The fraction of sp³-hybridized carbons (Fsp3) is 0.320. The number of para-hydroxylation sites is 1. The SMILES string of the molecule is COc1cnc([C@H](O)[C@@H](C)S(=O)(=O)Cc2nnc(-c3cncc(C)c3)n2-c2c(OC)cccc2OC)cn1. The van der Waals surface area contributed by atoms with Gasteiger partial charge in [0.15, 0.2) is 21.5 Å². The molecule has 1 N–H and O–H groups in total. The summed E-state index contributed by atoms with van der Waals surface area (Å²) in [6.45, 7) is 3.29. The summed E-state index contributed by atoms with van der Waals surface area (Å²) in [5, 5.41) is 18.1. The third-order valence-corrected chi connectivity index (χ3v) is 8.04. The van der Waals surface area contributed by atoms with Gasteiger partial charge in [-0.05, 0) is 37.6 Å². The lowest BCUT2D eigenvalue weighted by molar-refractivity contribution is 0.170. The van der Waals surface area contributed by atoms with Crippen LogP contribution in [0.3, 0.4) is 0 Å². The van der Waals surface area contributed by atoms with Gasteiger partial charge >= 0.3 is 0 Å². The fourth-order valence-corrected chi connectivity index (χ4v) is 5.24. The van der Waals surface area contributed by atoms with Crippen molar-refractivity contribution >= 4 is 9.84 Å². The van der Waals surface area contributed by atoms with Gasteiger partial charge in [0.2, 0.25) is 5.88 Å². The van der Waals surface area contributed by atoms with Crippen LogP contribution in [0, 0.1) is 6.92 Å². The quantitative estimate of drug-likeness (QED) is 0.316. The molecule has 4 rings (SSSR count). The van der Waals surface area contributed by atoms with Gasteiger partial charge in [-0.15, -0.1) is 10.2 Å². The van der Waals surface area contributed by atoms with Crippen molar-refractivity contribution < 1.29 is 27.7 Å². The Bertz CT molecular complexity index is 1500. The summed E-state index contributed by atoms with van der Waals surface area (Å²) >= 11 is 0. The van der Waals surface area contributed by atoms with Gasteiger partial charge in [0.05, 0.1) is 44.7 Å². The van der Waals surface area contributed by atoms with Crippen molar-refractivity contribution in [1.29, 1.82) is 0 Å². The summed E-state index contributed by atoms with van der Waals surface area (Å²) in [5.41, 5.74) is 2.03. The molecule has 38 heavy (non-hydrogen) atoms. The van der Waals surface area contributed by atoms with Gasteiger partial charge in [-0.3, -0.25) is 14.5 Å². The first-order chi connectivity index (χ1) is 18.2. The second-order valence-corrected chi connectivity index (χ2v) is 10.8. The highest BCUT2D eigenvalue weighted by molar-refractivity contribution is 7.91. The number of aromatic nitrogens is 6. The lowest BCUT2D eigenvalue weighted by Gasteiger charge is -2.20. The van der Waals surface area contributed by atoms with Crippen LogP contribution in [0.1, 0.15) is 30.1 Å². The molecular formula is C25H28N6O6S. The van der Waals surface area contributed by atoms with Crippen molar-refractivity contribution in [1.82, 2.24) is 29.7 Å². The highest BCUT2D eigenvalue weighted by Gasteiger charge is 2.33. The zero-order chi connectivity index (χ0) is 27.4. The molecule has 2 atom stereocenters. The van der Waals surface area contributed by atoms with Crippen LogP contribution < -0.4 is 14.2 Å². The third kappa shape index (κ3) is 5.29. The van der Waals surface area contributed by atoms with Gasteiger partial charge in [-0.25, -0.2) is 13.4 Å². The van der Waals surface area contributed by atoms with Crippen LogP contribution in [0.2, 0.25) is 0 Å². The molecule has 0 bridgehead atoms. The number of pyridine rings is 1. The summed E-state index contributed by atoms with van der Waals surface area (Å²) in [7, 11) is 0.442. The van der Waals surface area contributed by atoms with Crippen molar-refractivity contribution in [3.05, 3.63) is 66.1 Å². The van der Waals surface area contributed by atoms with E-state index in [1.54, 1.807) is 35.2 Å². The zero-order valence-corrected chi connectivity index (χ0v) is 22.4. The molecule has 3 aromatic heterocycles. The van der Waals surface area contributed by atoms with E-state index in [0.29, 0.717) is 28.6 Å². The number of nitrogens with zero attached hydrogens (tertiary/aromatic N) is 6. The van der Waals surface area contributed by atoms with Crippen molar-refractivity contribution in [3.63, 3.8) is 0 Å². The number of rotatable bonds is 10. The number of aliphatic hydroxyl groups is 1. The first-order valence-corrected chi connectivity index (χ1v) is 13.2. The number of ether oxygens (including phenoxy) is 3. The Morgan fingerprint density at radius 1 is 0.974 bits per heavy atom. The molecule has 0 radical (unpaired) electrons. The minimum atomic E-state index is -3.99. The maximum atomic E-state index is 13.5. The smallest absolute Gasteiger partial charge is 0.231 e. The van der Waals surface area contributed by atoms with Crippen LogP contribution in [0.4, 0.5) is 0 Å². The van der Waals surface area contributed by atoms with Crippen LogP contribution in [0.25, 0.3) is 17.1 Å². The number of benzene rings is 1. The molecule has 12 nitrogen and oxygen atoms in total.